The minimum atomic E-state index is -0.501. The van der Waals surface area contributed by atoms with Gasteiger partial charge in [-0.1, -0.05) is 29.8 Å². The number of likely N-dealkylation sites (N-methyl/N-ethyl adjacent to an activating group) is 1. The van der Waals surface area contributed by atoms with E-state index in [2.05, 4.69) is 0 Å². The van der Waals surface area contributed by atoms with E-state index in [0.717, 1.165) is 22.3 Å². The molecule has 1 amide bonds. The standard InChI is InChI=1S/C20H22FNO3/c1-13-9-14(2)19(15(3)10-13)20(24)25-12-18(23)22(4)11-16-5-7-17(21)8-6-16/h5-10H,11-12H2,1-4H3. The first-order valence-corrected chi connectivity index (χ1v) is 8.01. The van der Waals surface area contributed by atoms with E-state index in [1.807, 2.05) is 32.9 Å². The molecule has 0 aliphatic heterocycles. The molecular weight excluding hydrogens is 321 g/mol. The molecule has 0 unspecified atom stereocenters. The van der Waals surface area contributed by atoms with Crippen molar-refractivity contribution in [1.29, 1.82) is 0 Å². The Hall–Kier alpha value is -2.69. The molecular formula is C20H22FNO3. The van der Waals surface area contributed by atoms with E-state index in [4.69, 9.17) is 4.74 Å². The van der Waals surface area contributed by atoms with Crippen molar-refractivity contribution < 1.29 is 18.7 Å². The zero-order valence-corrected chi connectivity index (χ0v) is 14.9. The highest BCUT2D eigenvalue weighted by Gasteiger charge is 2.17. The molecule has 132 valence electrons. The van der Waals surface area contributed by atoms with Crippen LogP contribution in [0.2, 0.25) is 0 Å². The van der Waals surface area contributed by atoms with Crippen molar-refractivity contribution in [3.63, 3.8) is 0 Å². The molecule has 0 aliphatic rings. The monoisotopic (exact) mass is 343 g/mol. The number of hydrogen-bond donors (Lipinski definition) is 0. The maximum atomic E-state index is 12.9. The lowest BCUT2D eigenvalue weighted by Crippen LogP contribution is -2.31. The number of esters is 1. The van der Waals surface area contributed by atoms with E-state index in [9.17, 15) is 14.0 Å². The minimum Gasteiger partial charge on any atom is -0.452 e. The van der Waals surface area contributed by atoms with Crippen molar-refractivity contribution >= 4 is 11.9 Å². The van der Waals surface area contributed by atoms with Crippen molar-refractivity contribution in [1.82, 2.24) is 4.90 Å². The summed E-state index contributed by atoms with van der Waals surface area (Å²) in [7, 11) is 1.61. The molecule has 5 heteroatoms. The first kappa shape index (κ1) is 18.6. The quantitative estimate of drug-likeness (QED) is 0.780. The number of nitrogens with zero attached hydrogens (tertiary/aromatic N) is 1. The van der Waals surface area contributed by atoms with Crippen molar-refractivity contribution in [3.8, 4) is 0 Å². The van der Waals surface area contributed by atoms with Crippen LogP contribution in [0.25, 0.3) is 0 Å². The van der Waals surface area contributed by atoms with Crippen molar-refractivity contribution in [2.24, 2.45) is 0 Å². The fourth-order valence-electron chi connectivity index (χ4n) is 2.76. The second-order valence-electron chi connectivity index (χ2n) is 6.23. The van der Waals surface area contributed by atoms with Gasteiger partial charge in [-0.2, -0.15) is 0 Å². The highest BCUT2D eigenvalue weighted by Crippen LogP contribution is 2.17. The summed E-state index contributed by atoms with van der Waals surface area (Å²) in [4.78, 5) is 25.9. The lowest BCUT2D eigenvalue weighted by molar-refractivity contribution is -0.133. The van der Waals surface area contributed by atoms with Gasteiger partial charge < -0.3 is 9.64 Å². The van der Waals surface area contributed by atoms with Gasteiger partial charge in [0.05, 0.1) is 5.56 Å². The Labute approximate surface area is 147 Å². The van der Waals surface area contributed by atoms with E-state index in [1.54, 1.807) is 19.2 Å². The molecule has 0 saturated carbocycles. The Morgan fingerprint density at radius 2 is 1.60 bits per heavy atom. The van der Waals surface area contributed by atoms with Crippen molar-refractivity contribution in [2.75, 3.05) is 13.7 Å². The molecule has 2 aromatic carbocycles. The number of ether oxygens (including phenoxy) is 1. The Morgan fingerprint density at radius 3 is 2.16 bits per heavy atom. The van der Waals surface area contributed by atoms with Gasteiger partial charge in [0.25, 0.3) is 5.91 Å². The van der Waals surface area contributed by atoms with Gasteiger partial charge in [0.1, 0.15) is 5.82 Å². The van der Waals surface area contributed by atoms with Gasteiger partial charge in [-0.3, -0.25) is 4.79 Å². The van der Waals surface area contributed by atoms with Gasteiger partial charge in [0.2, 0.25) is 0 Å². The molecule has 0 bridgehead atoms. The van der Waals surface area contributed by atoms with Gasteiger partial charge in [-0.15, -0.1) is 0 Å². The largest absolute Gasteiger partial charge is 0.452 e. The first-order chi connectivity index (χ1) is 11.8. The summed E-state index contributed by atoms with van der Waals surface area (Å²) >= 11 is 0. The van der Waals surface area contributed by atoms with Crippen LogP contribution >= 0.6 is 0 Å². The number of carbonyl (C=O) groups is 2. The summed E-state index contributed by atoms with van der Waals surface area (Å²) in [5, 5.41) is 0. The molecule has 0 aromatic heterocycles. The molecule has 0 N–H and O–H groups in total. The maximum absolute atomic E-state index is 12.9. The molecule has 0 atom stereocenters. The highest BCUT2D eigenvalue weighted by molar-refractivity contribution is 5.94. The van der Waals surface area contributed by atoms with Crippen molar-refractivity contribution in [3.05, 3.63) is 70.0 Å². The number of benzene rings is 2. The van der Waals surface area contributed by atoms with Crippen LogP contribution in [0, 0.1) is 26.6 Å². The summed E-state index contributed by atoms with van der Waals surface area (Å²) in [6.07, 6.45) is 0. The molecule has 0 fully saturated rings. The zero-order chi connectivity index (χ0) is 18.6. The predicted octanol–water partition coefficient (Wildman–Crippen LogP) is 3.57. The van der Waals surface area contributed by atoms with E-state index >= 15 is 0 Å². The molecule has 0 spiro atoms. The van der Waals surface area contributed by atoms with Crippen LogP contribution in [0.4, 0.5) is 4.39 Å². The molecule has 0 saturated heterocycles. The fraction of sp³-hybridized carbons (Fsp3) is 0.300. The highest BCUT2D eigenvalue weighted by atomic mass is 19.1. The van der Waals surface area contributed by atoms with E-state index in [-0.39, 0.29) is 18.3 Å². The molecule has 0 radical (unpaired) electrons. The second kappa shape index (κ2) is 7.92. The average molecular weight is 343 g/mol. The van der Waals surface area contributed by atoms with Gasteiger partial charge >= 0.3 is 5.97 Å². The van der Waals surface area contributed by atoms with Crippen LogP contribution in [0.15, 0.2) is 36.4 Å². The normalized spacial score (nSPS) is 10.4. The summed E-state index contributed by atoms with van der Waals surface area (Å²) in [6.45, 7) is 5.64. The lowest BCUT2D eigenvalue weighted by atomic mass is 10.00. The molecule has 2 rings (SSSR count). The van der Waals surface area contributed by atoms with E-state index in [1.165, 1.54) is 17.0 Å². The summed E-state index contributed by atoms with van der Waals surface area (Å²) in [5.74, 6) is -1.14. The Morgan fingerprint density at radius 1 is 1.04 bits per heavy atom. The summed E-state index contributed by atoms with van der Waals surface area (Å²) < 4.78 is 18.1. The third-order valence-electron chi connectivity index (χ3n) is 3.97. The van der Waals surface area contributed by atoms with Crippen LogP contribution in [-0.4, -0.2) is 30.4 Å². The van der Waals surface area contributed by atoms with Gasteiger partial charge in [-0.05, 0) is 49.6 Å². The molecule has 4 nitrogen and oxygen atoms in total. The molecule has 0 heterocycles. The van der Waals surface area contributed by atoms with Crippen LogP contribution in [0.1, 0.15) is 32.6 Å². The topological polar surface area (TPSA) is 46.6 Å². The van der Waals surface area contributed by atoms with Crippen LogP contribution in [0.5, 0.6) is 0 Å². The minimum absolute atomic E-state index is 0.319. The van der Waals surface area contributed by atoms with Gasteiger partial charge in [0, 0.05) is 13.6 Å². The fourth-order valence-corrected chi connectivity index (χ4v) is 2.76. The van der Waals surface area contributed by atoms with Crippen LogP contribution in [0.3, 0.4) is 0 Å². The molecule has 0 aliphatic carbocycles. The summed E-state index contributed by atoms with van der Waals surface area (Å²) in [6, 6.07) is 9.74. The SMILES string of the molecule is Cc1cc(C)c(C(=O)OCC(=O)N(C)Cc2ccc(F)cc2)c(C)c1. The number of hydrogen-bond acceptors (Lipinski definition) is 3. The third kappa shape index (κ3) is 4.89. The average Bonchev–Trinajstić information content (AvgIpc) is 2.53. The molecule has 25 heavy (non-hydrogen) atoms. The van der Waals surface area contributed by atoms with Crippen molar-refractivity contribution in [2.45, 2.75) is 27.3 Å². The Kier molecular flexibility index (Phi) is 5.91. The van der Waals surface area contributed by atoms with Crippen LogP contribution < -0.4 is 0 Å². The first-order valence-electron chi connectivity index (χ1n) is 8.01. The Bertz CT molecular complexity index is 761. The number of halogens is 1. The zero-order valence-electron chi connectivity index (χ0n) is 14.9. The van der Waals surface area contributed by atoms with E-state index in [0.29, 0.717) is 12.1 Å². The predicted molar refractivity (Wildman–Crippen MR) is 93.8 cm³/mol. The van der Waals surface area contributed by atoms with E-state index < -0.39 is 5.97 Å². The summed E-state index contributed by atoms with van der Waals surface area (Å²) in [5.41, 5.74) is 4.03. The van der Waals surface area contributed by atoms with Gasteiger partial charge in [0.15, 0.2) is 6.61 Å². The van der Waals surface area contributed by atoms with Crippen LogP contribution in [-0.2, 0) is 16.1 Å². The molecule has 2 aromatic rings. The Balaban J connectivity index is 1.95. The van der Waals surface area contributed by atoms with Gasteiger partial charge in [-0.25, -0.2) is 9.18 Å². The smallest absolute Gasteiger partial charge is 0.339 e. The third-order valence-corrected chi connectivity index (χ3v) is 3.97. The second-order valence-corrected chi connectivity index (χ2v) is 6.23. The number of amides is 1. The lowest BCUT2D eigenvalue weighted by Gasteiger charge is -2.18. The maximum Gasteiger partial charge on any atom is 0.339 e. The number of carbonyl (C=O) groups excluding carboxylic acids is 2. The number of aryl methyl sites for hydroxylation is 3. The number of rotatable bonds is 5.